The summed E-state index contributed by atoms with van der Waals surface area (Å²) < 4.78 is 0. The third-order valence-corrected chi connectivity index (χ3v) is 0.867. The molecule has 78 valence electrons. The van der Waals surface area contributed by atoms with Crippen LogP contribution in [0.5, 0.6) is 0 Å². The van der Waals surface area contributed by atoms with Crippen molar-refractivity contribution in [1.82, 2.24) is 0 Å². The number of rotatable bonds is 0. The quantitative estimate of drug-likeness (QED) is 0.414. The largest absolute Gasteiger partial charge is 0.400 e. The Morgan fingerprint density at radius 1 is 1.08 bits per heavy atom. The van der Waals surface area contributed by atoms with Crippen LogP contribution >= 0.6 is 0 Å². The molecule has 0 aliphatic heterocycles. The summed E-state index contributed by atoms with van der Waals surface area (Å²) in [6.45, 7) is 2.06. The van der Waals surface area contributed by atoms with E-state index in [4.69, 9.17) is 15.3 Å². The van der Waals surface area contributed by atoms with Crippen LogP contribution in [0.1, 0.15) is 13.3 Å². The first-order valence-electron chi connectivity index (χ1n) is 3.48. The van der Waals surface area contributed by atoms with Crippen LogP contribution < -0.4 is 0 Å². The molecule has 0 fully saturated rings. The van der Waals surface area contributed by atoms with Crippen LogP contribution in [-0.2, 0) is 21.7 Å². The van der Waals surface area contributed by atoms with Gasteiger partial charge in [0.05, 0.1) is 0 Å². The predicted molar refractivity (Wildman–Crippen MR) is 50.6 cm³/mol. The molecule has 0 spiro atoms. The van der Waals surface area contributed by atoms with Gasteiger partial charge in [-0.2, -0.15) is 6.08 Å². The van der Waals surface area contributed by atoms with Crippen molar-refractivity contribution < 1.29 is 37.0 Å². The van der Waals surface area contributed by atoms with Gasteiger partial charge in [0.1, 0.15) is 0 Å². The van der Waals surface area contributed by atoms with Crippen LogP contribution in [0.2, 0.25) is 0 Å². The average molecular weight is 223 g/mol. The molecule has 0 atom stereocenters. The summed E-state index contributed by atoms with van der Waals surface area (Å²) in [6.07, 6.45) is 8.33. The van der Waals surface area contributed by atoms with E-state index in [1.54, 1.807) is 0 Å². The third-order valence-electron chi connectivity index (χ3n) is 0.867. The minimum Gasteiger partial charge on any atom is -0.400 e. The third kappa shape index (κ3) is 24.5. The number of aliphatic hydroxyl groups excluding tert-OH is 3. The van der Waals surface area contributed by atoms with E-state index in [0.717, 1.165) is 27.8 Å². The monoisotopic (exact) mass is 223 g/mol. The van der Waals surface area contributed by atoms with Gasteiger partial charge in [0, 0.05) is 43.0 Å². The van der Waals surface area contributed by atoms with Crippen LogP contribution in [0.15, 0.2) is 17.7 Å². The molecule has 0 saturated heterocycles. The van der Waals surface area contributed by atoms with E-state index in [1.807, 2.05) is 0 Å². The molecule has 0 aromatic heterocycles. The molecule has 0 amide bonds. The zero-order chi connectivity index (χ0) is 10.4. The summed E-state index contributed by atoms with van der Waals surface area (Å²) in [5.41, 5.74) is 1.27. The molecule has 0 aromatic rings. The summed E-state index contributed by atoms with van der Waals surface area (Å²) in [5, 5.41) is 21.0. The van der Waals surface area contributed by atoms with Crippen molar-refractivity contribution in [1.29, 1.82) is 0 Å². The zero-order valence-corrected chi connectivity index (χ0v) is 10.3. The molecule has 0 saturated carbocycles. The van der Waals surface area contributed by atoms with Gasteiger partial charge in [-0.3, -0.25) is 6.08 Å². The maximum absolute atomic E-state index is 7.00. The Labute approximate surface area is 95.7 Å². The molecule has 4 heteroatoms. The fraction of sp³-hybridized carbons (Fsp3) is 0.556. The summed E-state index contributed by atoms with van der Waals surface area (Å²) in [4.78, 5) is 0. The smallest absolute Gasteiger partial charge is 0.0319 e. The predicted octanol–water partition coefficient (Wildman–Crippen LogP) is 0.519. The van der Waals surface area contributed by atoms with Crippen molar-refractivity contribution in [3.05, 3.63) is 23.8 Å². The second-order valence-electron chi connectivity index (χ2n) is 1.47. The Balaban J connectivity index is -0.0000000508. The van der Waals surface area contributed by atoms with Crippen molar-refractivity contribution >= 4 is 0 Å². The average Bonchev–Trinajstić information content (AvgIpc) is 2.66. The van der Waals surface area contributed by atoms with Gasteiger partial charge in [-0.05, 0) is 0 Å². The van der Waals surface area contributed by atoms with Gasteiger partial charge in [0.15, 0.2) is 0 Å². The summed E-state index contributed by atoms with van der Waals surface area (Å²) in [5.74, 6) is 0. The van der Waals surface area contributed by atoms with E-state index in [-0.39, 0.29) is 21.7 Å². The van der Waals surface area contributed by atoms with Gasteiger partial charge in [-0.25, -0.2) is 11.6 Å². The Morgan fingerprint density at radius 3 is 1.54 bits per heavy atom. The maximum Gasteiger partial charge on any atom is 0.0319 e. The van der Waals surface area contributed by atoms with Gasteiger partial charge in [-0.1, -0.05) is 6.92 Å². The first-order valence-corrected chi connectivity index (χ1v) is 3.48. The van der Waals surface area contributed by atoms with Crippen molar-refractivity contribution in [2.75, 3.05) is 21.3 Å². The molecule has 3 nitrogen and oxygen atoms in total. The van der Waals surface area contributed by atoms with Crippen molar-refractivity contribution in [3.8, 4) is 0 Å². The Hall–Kier alpha value is 0.0743. The molecule has 1 aliphatic carbocycles. The summed E-state index contributed by atoms with van der Waals surface area (Å²) >= 11 is 0. The Bertz CT molecular complexity index is 109. The minimum atomic E-state index is 0. The van der Waals surface area contributed by atoms with Crippen molar-refractivity contribution in [3.63, 3.8) is 0 Å². The van der Waals surface area contributed by atoms with Crippen LogP contribution in [0.25, 0.3) is 0 Å². The standard InChI is InChI=1S/C6H7.3CH4O.Ti/c1-6-4-2-3-5-6;3*1-2;/h2,4H,3H2,1H3;3*2H,1H3;/q-1;;;;. The maximum atomic E-state index is 7.00. The molecule has 0 heterocycles. The van der Waals surface area contributed by atoms with Gasteiger partial charge in [0.2, 0.25) is 0 Å². The van der Waals surface area contributed by atoms with Gasteiger partial charge >= 0.3 is 0 Å². The van der Waals surface area contributed by atoms with E-state index in [9.17, 15) is 0 Å². The minimum absolute atomic E-state index is 0. The van der Waals surface area contributed by atoms with Crippen LogP contribution in [0.4, 0.5) is 0 Å². The number of allylic oxidation sites excluding steroid dienone is 4. The molecule has 0 aromatic carbocycles. The molecule has 0 bridgehead atoms. The van der Waals surface area contributed by atoms with E-state index >= 15 is 0 Å². The first kappa shape index (κ1) is 23.1. The molecule has 3 N–H and O–H groups in total. The van der Waals surface area contributed by atoms with Crippen LogP contribution in [0.3, 0.4) is 0 Å². The van der Waals surface area contributed by atoms with Crippen molar-refractivity contribution in [2.24, 2.45) is 0 Å². The van der Waals surface area contributed by atoms with Crippen LogP contribution in [0, 0.1) is 6.08 Å². The van der Waals surface area contributed by atoms with Crippen molar-refractivity contribution in [2.45, 2.75) is 13.3 Å². The van der Waals surface area contributed by atoms with E-state index < -0.39 is 0 Å². The number of aliphatic hydroxyl groups is 3. The molecular formula is C9H19O3Ti-. The summed E-state index contributed by atoms with van der Waals surface area (Å²) in [7, 11) is 3.00. The molecule has 0 radical (unpaired) electrons. The second kappa shape index (κ2) is 29.6. The van der Waals surface area contributed by atoms with Gasteiger partial charge in [-0.15, -0.1) is 6.42 Å². The Kier molecular flexibility index (Phi) is 52.7. The van der Waals surface area contributed by atoms with Gasteiger partial charge < -0.3 is 15.3 Å². The fourth-order valence-corrected chi connectivity index (χ4v) is 0.515. The Morgan fingerprint density at radius 2 is 1.46 bits per heavy atom. The molecular weight excluding hydrogens is 204 g/mol. The van der Waals surface area contributed by atoms with Gasteiger partial charge in [0.25, 0.3) is 0 Å². The second-order valence-corrected chi connectivity index (χ2v) is 1.47. The first-order chi connectivity index (χ1) is 5.89. The SMILES string of the molecule is CC1=[C-]CC=C1.CO.CO.CO.[Ti]. The van der Waals surface area contributed by atoms with E-state index in [0.29, 0.717) is 0 Å². The topological polar surface area (TPSA) is 60.7 Å². The number of hydrogen-bond acceptors (Lipinski definition) is 3. The summed E-state index contributed by atoms with van der Waals surface area (Å²) in [6, 6.07) is 0. The molecule has 1 rings (SSSR count). The zero-order valence-electron chi connectivity index (χ0n) is 8.70. The van der Waals surface area contributed by atoms with E-state index in [1.165, 1.54) is 5.57 Å². The molecule has 13 heavy (non-hydrogen) atoms. The van der Waals surface area contributed by atoms with Crippen LogP contribution in [-0.4, -0.2) is 36.6 Å². The molecule has 0 unspecified atom stereocenters. The van der Waals surface area contributed by atoms with E-state index in [2.05, 4.69) is 25.2 Å². The normalized spacial score (nSPS) is 9.92. The fourth-order valence-electron chi connectivity index (χ4n) is 0.515. The number of hydrogen-bond donors (Lipinski definition) is 3. The molecule has 1 aliphatic rings.